The van der Waals surface area contributed by atoms with Crippen LogP contribution in [0.5, 0.6) is 0 Å². The van der Waals surface area contributed by atoms with Gasteiger partial charge < -0.3 is 25.0 Å². The number of nitrogens with one attached hydrogen (secondary N) is 2. The summed E-state index contributed by atoms with van der Waals surface area (Å²) in [6.07, 6.45) is 1.75. The van der Waals surface area contributed by atoms with Crippen LogP contribution >= 0.6 is 0 Å². The van der Waals surface area contributed by atoms with Crippen LogP contribution in [-0.2, 0) is 19.9 Å². The highest BCUT2D eigenvalue weighted by atomic mass is 16.6. The van der Waals surface area contributed by atoms with Crippen LogP contribution in [0.4, 0.5) is 0 Å². The van der Waals surface area contributed by atoms with Crippen LogP contribution in [0.15, 0.2) is 60.7 Å². The van der Waals surface area contributed by atoms with Gasteiger partial charge in [0.1, 0.15) is 6.54 Å². The summed E-state index contributed by atoms with van der Waals surface area (Å²) < 4.78 is 6.97. The van der Waals surface area contributed by atoms with Gasteiger partial charge in [-0.2, -0.15) is 0 Å². The Hall–Kier alpha value is -2.74. The fourth-order valence-electron chi connectivity index (χ4n) is 5.69. The predicted molar refractivity (Wildman–Crippen MR) is 128 cm³/mol. The number of fused-ring (bicyclic) bond motifs is 3. The number of hydrogen-bond acceptors (Lipinski definition) is 5. The quantitative estimate of drug-likeness (QED) is 0.406. The minimum atomic E-state index is -1.86. The molecular formula is C27H34N3O4+. The molecule has 180 valence electrons. The molecule has 1 atom stereocenters. The van der Waals surface area contributed by atoms with Gasteiger partial charge in [-0.05, 0) is 11.1 Å². The van der Waals surface area contributed by atoms with Crippen molar-refractivity contribution in [1.82, 2.24) is 10.6 Å². The zero-order chi connectivity index (χ0) is 23.6. The van der Waals surface area contributed by atoms with Crippen molar-refractivity contribution in [3.8, 4) is 0 Å². The van der Waals surface area contributed by atoms with Crippen LogP contribution in [0, 0.1) is 11.8 Å². The van der Waals surface area contributed by atoms with Crippen molar-refractivity contribution in [2.45, 2.75) is 24.5 Å². The van der Waals surface area contributed by atoms with E-state index in [0.717, 1.165) is 56.6 Å². The van der Waals surface area contributed by atoms with Crippen molar-refractivity contribution < 1.29 is 23.9 Å². The Bertz CT molecular complexity index is 962. The summed E-state index contributed by atoms with van der Waals surface area (Å²) >= 11 is 0. The third kappa shape index (κ3) is 4.35. The van der Waals surface area contributed by atoms with E-state index >= 15 is 0 Å². The monoisotopic (exact) mass is 464 g/mol. The maximum Gasteiger partial charge on any atom is 0.348 e. The Morgan fingerprint density at radius 1 is 1.00 bits per heavy atom. The molecule has 0 unspecified atom stereocenters. The maximum absolute atomic E-state index is 13.6. The first-order chi connectivity index (χ1) is 16.5. The number of rotatable bonds is 8. The van der Waals surface area contributed by atoms with E-state index < -0.39 is 11.6 Å². The van der Waals surface area contributed by atoms with Gasteiger partial charge in [0.25, 0.3) is 0 Å². The number of piperidine rings is 3. The number of amides is 1. The first-order valence-electron chi connectivity index (χ1n) is 12.4. The molecule has 0 saturated carbocycles. The standard InChI is InChI=1S/C27H33N3O4/c31-25(21-17-28-18-21)29-13-16-30-14-11-20(12-15-30)24(19-30)34-26(32)27(33,22-7-3-1-4-8-22)23-9-5-2-6-10-23/h1-10,20-21,24,28,33H,11-19H2/p+1/t20?,24-,30?/m0/s1. The number of ether oxygens (including phenoxy) is 1. The van der Waals surface area contributed by atoms with Crippen LogP contribution in [0.3, 0.4) is 0 Å². The number of carbonyl (C=O) groups is 2. The molecule has 4 fully saturated rings. The maximum atomic E-state index is 13.6. The SMILES string of the molecule is O=C(NCC[N+]12CCC(CC1)[C@@H](OC(=O)C(O)(c1ccccc1)c1ccccc1)C2)C1CNC1. The molecule has 1 amide bonds. The van der Waals surface area contributed by atoms with E-state index in [2.05, 4.69) is 10.6 Å². The van der Waals surface area contributed by atoms with Crippen molar-refractivity contribution in [3.63, 3.8) is 0 Å². The van der Waals surface area contributed by atoms with Crippen molar-refractivity contribution in [1.29, 1.82) is 0 Å². The molecule has 7 heteroatoms. The molecule has 4 saturated heterocycles. The van der Waals surface area contributed by atoms with Crippen molar-refractivity contribution in [2.24, 2.45) is 11.8 Å². The molecule has 7 nitrogen and oxygen atoms in total. The van der Waals surface area contributed by atoms with Gasteiger partial charge in [0.15, 0.2) is 6.10 Å². The number of hydrogen-bond donors (Lipinski definition) is 3. The molecule has 2 aromatic rings. The summed E-state index contributed by atoms with van der Waals surface area (Å²) in [6.45, 7) is 5.82. The molecule has 2 bridgehead atoms. The summed E-state index contributed by atoms with van der Waals surface area (Å²) in [6, 6.07) is 18.1. The molecular weight excluding hydrogens is 430 g/mol. The Balaban J connectivity index is 1.29. The lowest BCUT2D eigenvalue weighted by atomic mass is 9.82. The largest absolute Gasteiger partial charge is 0.453 e. The predicted octanol–water partition coefficient (Wildman–Crippen LogP) is 1.41. The highest BCUT2D eigenvalue weighted by molar-refractivity contribution is 5.85. The van der Waals surface area contributed by atoms with Crippen LogP contribution < -0.4 is 10.6 Å². The van der Waals surface area contributed by atoms with Crippen molar-refractivity contribution >= 4 is 11.9 Å². The molecule has 4 heterocycles. The zero-order valence-corrected chi connectivity index (χ0v) is 19.5. The van der Waals surface area contributed by atoms with E-state index in [0.29, 0.717) is 23.6 Å². The van der Waals surface area contributed by atoms with Crippen LogP contribution in [0.2, 0.25) is 0 Å². The fourth-order valence-corrected chi connectivity index (χ4v) is 5.69. The van der Waals surface area contributed by atoms with E-state index in [1.54, 1.807) is 24.3 Å². The van der Waals surface area contributed by atoms with Gasteiger partial charge in [0.2, 0.25) is 11.5 Å². The topological polar surface area (TPSA) is 87.7 Å². The Labute approximate surface area is 200 Å². The van der Waals surface area contributed by atoms with E-state index in [1.165, 1.54) is 0 Å². The second-order valence-electron chi connectivity index (χ2n) is 10.1. The third-order valence-electron chi connectivity index (χ3n) is 8.02. The number of carbonyl (C=O) groups excluding carboxylic acids is 2. The van der Waals surface area contributed by atoms with E-state index in [9.17, 15) is 14.7 Å². The number of aliphatic hydroxyl groups is 1. The summed E-state index contributed by atoms with van der Waals surface area (Å²) in [4.78, 5) is 25.8. The molecule has 4 aliphatic rings. The molecule has 0 aliphatic carbocycles. The minimum absolute atomic E-state index is 0.0921. The molecule has 4 aliphatic heterocycles. The number of nitrogens with zero attached hydrogens (tertiary/aromatic N) is 1. The number of quaternary nitrogens is 1. The van der Waals surface area contributed by atoms with Gasteiger partial charge in [-0.1, -0.05) is 60.7 Å². The molecule has 0 radical (unpaired) electrons. The lowest BCUT2D eigenvalue weighted by Crippen LogP contribution is -2.66. The van der Waals surface area contributed by atoms with Crippen LogP contribution in [0.25, 0.3) is 0 Å². The summed E-state index contributed by atoms with van der Waals surface area (Å²) in [5.74, 6) is -0.0833. The van der Waals surface area contributed by atoms with Crippen LogP contribution in [-0.4, -0.2) is 73.4 Å². The van der Waals surface area contributed by atoms with Gasteiger partial charge in [-0.15, -0.1) is 0 Å². The Kier molecular flexibility index (Phi) is 6.42. The van der Waals surface area contributed by atoms with Crippen LogP contribution in [0.1, 0.15) is 24.0 Å². The lowest BCUT2D eigenvalue weighted by molar-refractivity contribution is -0.945. The summed E-state index contributed by atoms with van der Waals surface area (Å²) in [5.41, 5.74) is -0.849. The Morgan fingerprint density at radius 3 is 2.12 bits per heavy atom. The van der Waals surface area contributed by atoms with Gasteiger partial charge in [-0.25, -0.2) is 4.79 Å². The number of benzene rings is 2. The third-order valence-corrected chi connectivity index (χ3v) is 8.02. The van der Waals surface area contributed by atoms with Gasteiger partial charge in [0.05, 0.1) is 32.1 Å². The zero-order valence-electron chi connectivity index (χ0n) is 19.5. The lowest BCUT2D eigenvalue weighted by Gasteiger charge is -2.52. The van der Waals surface area contributed by atoms with Gasteiger partial charge >= 0.3 is 5.97 Å². The summed E-state index contributed by atoms with van der Waals surface area (Å²) in [5, 5.41) is 18.0. The highest BCUT2D eigenvalue weighted by Gasteiger charge is 2.50. The smallest absolute Gasteiger partial charge is 0.348 e. The van der Waals surface area contributed by atoms with E-state index in [4.69, 9.17) is 4.74 Å². The van der Waals surface area contributed by atoms with Gasteiger partial charge in [-0.3, -0.25) is 4.79 Å². The summed E-state index contributed by atoms with van der Waals surface area (Å²) in [7, 11) is 0. The first kappa shape index (κ1) is 23.0. The minimum Gasteiger partial charge on any atom is -0.453 e. The first-order valence-corrected chi connectivity index (χ1v) is 12.4. The Morgan fingerprint density at radius 2 is 1.59 bits per heavy atom. The highest BCUT2D eigenvalue weighted by Crippen LogP contribution is 2.38. The normalized spacial score (nSPS) is 26.5. The van der Waals surface area contributed by atoms with E-state index in [-0.39, 0.29) is 17.9 Å². The molecule has 3 N–H and O–H groups in total. The fraction of sp³-hybridized carbons (Fsp3) is 0.481. The number of esters is 1. The second-order valence-corrected chi connectivity index (χ2v) is 10.1. The van der Waals surface area contributed by atoms with E-state index in [1.807, 2.05) is 36.4 Å². The molecule has 0 spiro atoms. The van der Waals surface area contributed by atoms with Crippen molar-refractivity contribution in [2.75, 3.05) is 45.8 Å². The average molecular weight is 465 g/mol. The average Bonchev–Trinajstić information content (AvgIpc) is 2.84. The molecule has 0 aromatic heterocycles. The van der Waals surface area contributed by atoms with Crippen molar-refractivity contribution in [3.05, 3.63) is 71.8 Å². The molecule has 6 rings (SSSR count). The second kappa shape index (κ2) is 9.49. The van der Waals surface area contributed by atoms with Gasteiger partial charge in [0, 0.05) is 31.8 Å². The molecule has 2 aromatic carbocycles. The molecule has 34 heavy (non-hydrogen) atoms.